The number of hydrogen-bond donors (Lipinski definition) is 10. The number of carbonyl (C=O) groups is 14. The molecule has 1 fully saturated rings. The zero-order valence-electron chi connectivity index (χ0n) is 59.8. The molecule has 2 rings (SSSR count). The number of nitrogens with two attached hydrogens (primary N) is 1. The molecular formula is C74H119N5O21. The number of carbonyl (C=O) groups excluding carboxylic acids is 9. The summed E-state index contributed by atoms with van der Waals surface area (Å²) < 4.78 is 10.3. The molecule has 1 saturated carbocycles. The molecule has 26 heteroatoms. The summed E-state index contributed by atoms with van der Waals surface area (Å²) in [5.41, 5.74) is 7.20. The number of ketones is 4. The number of aryl methyl sites for hydroxylation is 1. The average molecular weight is 1410 g/mol. The van der Waals surface area contributed by atoms with Gasteiger partial charge in [-0.05, 0) is 103 Å². The second-order valence-electron chi connectivity index (χ2n) is 26.5. The normalized spacial score (nSPS) is 14.9. The summed E-state index contributed by atoms with van der Waals surface area (Å²) in [4.78, 5) is 171. The molecule has 566 valence electrons. The number of amides is 5. The lowest BCUT2D eigenvalue weighted by molar-refractivity contribution is -0.145. The van der Waals surface area contributed by atoms with Crippen LogP contribution in [0.4, 0.5) is 0 Å². The molecule has 1 aromatic carbocycles. The Labute approximate surface area is 590 Å². The second kappa shape index (κ2) is 56.2. The number of ether oxygens (including phenoxy) is 2. The zero-order valence-corrected chi connectivity index (χ0v) is 59.8. The number of rotatable bonds is 61. The molecular weight excluding hydrogens is 1290 g/mol. The molecule has 1 aromatic rings. The van der Waals surface area contributed by atoms with Crippen LogP contribution >= 0.6 is 0 Å². The number of hydrogen-bond acceptors (Lipinski definition) is 16. The van der Waals surface area contributed by atoms with E-state index in [9.17, 15) is 82.4 Å². The highest BCUT2D eigenvalue weighted by Crippen LogP contribution is 2.31. The smallest absolute Gasteiger partial charge is 0.306 e. The number of primary amides is 1. The van der Waals surface area contributed by atoms with Gasteiger partial charge in [0.05, 0.1) is 31.2 Å². The fourth-order valence-corrected chi connectivity index (χ4v) is 11.9. The first-order chi connectivity index (χ1) is 47.8. The van der Waals surface area contributed by atoms with Crippen LogP contribution in [-0.4, -0.2) is 159 Å². The molecule has 0 heterocycles. The third-order valence-corrected chi connectivity index (χ3v) is 18.0. The van der Waals surface area contributed by atoms with Gasteiger partial charge in [-0.2, -0.15) is 0 Å². The third kappa shape index (κ3) is 46.8. The number of unbranched alkanes of at least 4 members (excludes halogenated alkanes) is 17. The second-order valence-corrected chi connectivity index (χ2v) is 26.5. The van der Waals surface area contributed by atoms with E-state index in [-0.39, 0.29) is 80.3 Å². The summed E-state index contributed by atoms with van der Waals surface area (Å²) in [6, 6.07) is 4.14. The highest BCUT2D eigenvalue weighted by molar-refractivity contribution is 5.96. The number of aliphatic carboxylic acids is 5. The van der Waals surface area contributed by atoms with Crippen molar-refractivity contribution in [2.75, 3.05) is 33.0 Å². The molecule has 0 spiro atoms. The summed E-state index contributed by atoms with van der Waals surface area (Å²) in [5.74, 6) is -12.5. The van der Waals surface area contributed by atoms with Crippen molar-refractivity contribution in [3.63, 3.8) is 0 Å². The molecule has 5 atom stereocenters. The summed E-state index contributed by atoms with van der Waals surface area (Å²) in [6.07, 6.45) is 20.8. The highest BCUT2D eigenvalue weighted by Gasteiger charge is 2.34. The van der Waals surface area contributed by atoms with Crippen LogP contribution in [0.5, 0.6) is 0 Å². The Bertz CT molecular complexity index is 2640. The Balaban J connectivity index is 0.00000148. The third-order valence-electron chi connectivity index (χ3n) is 18.0. The van der Waals surface area contributed by atoms with Crippen molar-refractivity contribution in [3.8, 4) is 0 Å². The van der Waals surface area contributed by atoms with Crippen molar-refractivity contribution in [2.24, 2.45) is 29.4 Å². The summed E-state index contributed by atoms with van der Waals surface area (Å²) in [6.45, 7) is 7.28. The fraction of sp³-hybridized carbons (Fsp3) is 0.730. The van der Waals surface area contributed by atoms with Gasteiger partial charge in [0.2, 0.25) is 29.5 Å². The van der Waals surface area contributed by atoms with Crippen LogP contribution in [0.15, 0.2) is 24.3 Å². The summed E-state index contributed by atoms with van der Waals surface area (Å²) >= 11 is 0. The number of benzene rings is 1. The van der Waals surface area contributed by atoms with E-state index >= 15 is 0 Å². The predicted molar refractivity (Wildman–Crippen MR) is 374 cm³/mol. The first-order valence-electron chi connectivity index (χ1n) is 36.6. The molecule has 11 N–H and O–H groups in total. The van der Waals surface area contributed by atoms with Crippen molar-refractivity contribution in [2.45, 2.75) is 289 Å². The Kier molecular flexibility index (Phi) is 50.9. The number of Topliss-reactive ketones (excluding diaryl/α,β-unsaturated/α-hetero) is 4. The van der Waals surface area contributed by atoms with E-state index in [0.29, 0.717) is 84.2 Å². The standard InChI is InChI=1S/C53H87N3O16.C21H32N2O5/c1-2-19-43(57)41(28-32-50(66)67)56-52(70)39(27-31-49(64)65)34-45(59)42(29-33-51(68)69)55-47(61)30-26-40(53(71)72)35-44(58)38-24-22-37(23-25-38)36-54-46(60)20-17-15-13-11-9-7-5-3-4-6-8-10-12-14-16-18-21-48(62)63;1-3-27-13-14-28-15-20(25)23-18(21(22)26)7-5-4-6-8-19(24)17-11-9-16(2)10-12-17/h37-42H,2-36H2,1H3,(H,54,60)(H,55,61)(H,56,70)(H,62,63)(H,64,65)(H,66,67)(H,68,69)(H,71,72);9-12,18H,3-8,13-15H2,1-2H3,(H2,22,26)(H,23,25)/t37?,38?,39-,40-,41+,42+;18-/m10/s1. The maximum atomic E-state index is 13.6. The highest BCUT2D eigenvalue weighted by atomic mass is 16.5. The van der Waals surface area contributed by atoms with Crippen LogP contribution in [0.2, 0.25) is 0 Å². The lowest BCUT2D eigenvalue weighted by atomic mass is 9.78. The van der Waals surface area contributed by atoms with E-state index in [0.717, 1.165) is 62.5 Å². The van der Waals surface area contributed by atoms with Gasteiger partial charge < -0.3 is 62.0 Å². The zero-order chi connectivity index (χ0) is 74.5. The van der Waals surface area contributed by atoms with Crippen molar-refractivity contribution >= 4 is 82.5 Å². The van der Waals surface area contributed by atoms with Gasteiger partial charge >= 0.3 is 29.8 Å². The Hall–Kier alpha value is -7.48. The van der Waals surface area contributed by atoms with E-state index < -0.39 is 128 Å². The van der Waals surface area contributed by atoms with Gasteiger partial charge in [0.25, 0.3) is 0 Å². The molecule has 0 unspecified atom stereocenters. The number of carboxylic acid groups (broad SMARTS) is 5. The van der Waals surface area contributed by atoms with E-state index in [1.807, 2.05) is 38.1 Å². The summed E-state index contributed by atoms with van der Waals surface area (Å²) in [5, 5.41) is 56.9. The lowest BCUT2D eigenvalue weighted by Gasteiger charge is -2.28. The van der Waals surface area contributed by atoms with Gasteiger partial charge in [0.15, 0.2) is 17.3 Å². The van der Waals surface area contributed by atoms with Crippen LogP contribution in [0.25, 0.3) is 0 Å². The van der Waals surface area contributed by atoms with Gasteiger partial charge in [0.1, 0.15) is 18.4 Å². The topological polar surface area (TPSA) is 433 Å². The molecule has 0 bridgehead atoms. The molecule has 100 heavy (non-hydrogen) atoms. The van der Waals surface area contributed by atoms with Gasteiger partial charge in [0, 0.05) is 94.8 Å². The fourth-order valence-electron chi connectivity index (χ4n) is 11.9. The van der Waals surface area contributed by atoms with Gasteiger partial charge in [-0.1, -0.05) is 139 Å². The quantitative estimate of drug-likeness (QED) is 0.0214. The first kappa shape index (κ1) is 90.5. The Morgan fingerprint density at radius 3 is 1.44 bits per heavy atom. The SMILES string of the molecule is CCCC(=O)[C@H](CCC(=O)O)NC(=O)[C@H](CCC(=O)O)CC(=O)[C@H](CCC(=O)O)NC(=O)CC[C@H](CC(=O)C1CCC(CNC(=O)CCCCCCCCCCCCCCCCCCC(=O)O)CC1)C(=O)O.CCOCCOCC(=O)N[C@@H](CCCCCC(=O)c1ccc(C)cc1)C(N)=O. The summed E-state index contributed by atoms with van der Waals surface area (Å²) in [7, 11) is 0. The Morgan fingerprint density at radius 2 is 0.930 bits per heavy atom. The van der Waals surface area contributed by atoms with E-state index in [4.69, 9.17) is 25.4 Å². The molecule has 0 aliphatic heterocycles. The minimum atomic E-state index is -1.45. The monoisotopic (exact) mass is 1410 g/mol. The molecule has 1 aliphatic carbocycles. The molecule has 0 radical (unpaired) electrons. The Morgan fingerprint density at radius 1 is 0.460 bits per heavy atom. The minimum Gasteiger partial charge on any atom is -0.481 e. The van der Waals surface area contributed by atoms with Gasteiger partial charge in [-0.3, -0.25) is 67.1 Å². The maximum absolute atomic E-state index is 13.6. The molecule has 26 nitrogen and oxygen atoms in total. The van der Waals surface area contributed by atoms with Crippen molar-refractivity contribution in [1.29, 1.82) is 0 Å². The molecule has 0 aromatic heterocycles. The molecule has 5 amide bonds. The van der Waals surface area contributed by atoms with Crippen LogP contribution in [0.3, 0.4) is 0 Å². The van der Waals surface area contributed by atoms with Crippen LogP contribution < -0.4 is 27.0 Å². The average Bonchev–Trinajstić information content (AvgIpc) is 0.889. The lowest BCUT2D eigenvalue weighted by Crippen LogP contribution is -2.46. The van der Waals surface area contributed by atoms with Crippen molar-refractivity contribution in [1.82, 2.24) is 21.3 Å². The van der Waals surface area contributed by atoms with Crippen LogP contribution in [0, 0.1) is 30.6 Å². The van der Waals surface area contributed by atoms with Gasteiger partial charge in [-0.25, -0.2) is 0 Å². The number of carboxylic acids is 5. The van der Waals surface area contributed by atoms with E-state index in [1.165, 1.54) is 64.2 Å². The first-order valence-corrected chi connectivity index (χ1v) is 36.6. The van der Waals surface area contributed by atoms with Gasteiger partial charge in [-0.15, -0.1) is 0 Å². The van der Waals surface area contributed by atoms with E-state index in [2.05, 4.69) is 21.3 Å². The number of nitrogens with one attached hydrogen (secondary N) is 4. The largest absolute Gasteiger partial charge is 0.481 e. The van der Waals surface area contributed by atoms with Crippen molar-refractivity contribution in [3.05, 3.63) is 35.4 Å². The predicted octanol–water partition coefficient (Wildman–Crippen LogP) is 10.1. The van der Waals surface area contributed by atoms with E-state index in [1.54, 1.807) is 6.92 Å². The molecule has 1 aliphatic rings. The minimum absolute atomic E-state index is 0.0148. The van der Waals surface area contributed by atoms with Crippen LogP contribution in [-0.2, 0) is 71.8 Å². The maximum Gasteiger partial charge on any atom is 0.306 e. The van der Waals surface area contributed by atoms with Crippen molar-refractivity contribution < 1.29 is 102 Å². The van der Waals surface area contributed by atoms with Crippen LogP contribution in [0.1, 0.15) is 280 Å². The molecule has 0 saturated heterocycles.